The summed E-state index contributed by atoms with van der Waals surface area (Å²) in [6.45, 7) is 3.56. The second-order valence-corrected chi connectivity index (χ2v) is 5.51. The number of carboxylic acid groups (broad SMARTS) is 1. The zero-order valence-corrected chi connectivity index (χ0v) is 12.6. The molecular formula is C13H16BrNO4. The normalized spacial score (nSPS) is 11.2. The predicted octanol–water partition coefficient (Wildman–Crippen LogP) is 2.90. The molecule has 0 fully saturated rings. The molecule has 0 aliphatic carbocycles. The van der Waals surface area contributed by atoms with Crippen molar-refractivity contribution in [2.24, 2.45) is 0 Å². The van der Waals surface area contributed by atoms with E-state index in [9.17, 15) is 9.59 Å². The van der Waals surface area contributed by atoms with E-state index in [-0.39, 0.29) is 23.6 Å². The van der Waals surface area contributed by atoms with E-state index >= 15 is 0 Å². The molecular weight excluding hydrogens is 314 g/mol. The van der Waals surface area contributed by atoms with Crippen molar-refractivity contribution in [3.05, 3.63) is 28.2 Å². The summed E-state index contributed by atoms with van der Waals surface area (Å²) in [7, 11) is 1.52. The molecule has 0 unspecified atom stereocenters. The second-order valence-electron chi connectivity index (χ2n) is 4.66. The Kier molecular flexibility index (Phi) is 5.08. The molecule has 6 heteroatoms. The van der Waals surface area contributed by atoms with Gasteiger partial charge in [0.2, 0.25) is 5.91 Å². The predicted molar refractivity (Wildman–Crippen MR) is 75.4 cm³/mol. The lowest BCUT2D eigenvalue weighted by Crippen LogP contribution is -2.30. The van der Waals surface area contributed by atoms with E-state index in [0.717, 1.165) is 0 Å². The molecule has 0 radical (unpaired) electrons. The Morgan fingerprint density at radius 2 is 2.05 bits per heavy atom. The zero-order valence-electron chi connectivity index (χ0n) is 11.0. The van der Waals surface area contributed by atoms with Crippen LogP contribution in [0.4, 0.5) is 5.69 Å². The van der Waals surface area contributed by atoms with Crippen LogP contribution in [-0.2, 0) is 9.53 Å². The Labute approximate surface area is 120 Å². The number of hydrogen-bond acceptors (Lipinski definition) is 3. The third-order valence-electron chi connectivity index (χ3n) is 2.65. The maximum atomic E-state index is 11.9. The summed E-state index contributed by atoms with van der Waals surface area (Å²) >= 11 is 3.23. The van der Waals surface area contributed by atoms with Crippen molar-refractivity contribution in [1.82, 2.24) is 0 Å². The lowest BCUT2D eigenvalue weighted by molar-refractivity contribution is -0.121. The molecule has 1 aromatic carbocycles. The van der Waals surface area contributed by atoms with Crippen LogP contribution in [0.3, 0.4) is 0 Å². The van der Waals surface area contributed by atoms with Crippen LogP contribution in [0.2, 0.25) is 0 Å². The molecule has 5 nitrogen and oxygen atoms in total. The Bertz CT molecular complexity index is 499. The van der Waals surface area contributed by atoms with Gasteiger partial charge in [0.05, 0.1) is 23.3 Å². The number of carboxylic acids is 1. The fraction of sp³-hybridized carbons (Fsp3) is 0.385. The molecule has 0 saturated carbocycles. The van der Waals surface area contributed by atoms with Gasteiger partial charge in [0.15, 0.2) is 0 Å². The van der Waals surface area contributed by atoms with Crippen LogP contribution in [0.15, 0.2) is 22.7 Å². The molecule has 0 heterocycles. The molecule has 0 atom stereocenters. The molecule has 0 aliphatic rings. The molecule has 1 rings (SSSR count). The van der Waals surface area contributed by atoms with Gasteiger partial charge in [0, 0.05) is 11.6 Å². The quantitative estimate of drug-likeness (QED) is 0.870. The van der Waals surface area contributed by atoms with Gasteiger partial charge in [-0.3, -0.25) is 4.79 Å². The number of hydrogen-bond donors (Lipinski definition) is 2. The third kappa shape index (κ3) is 4.33. The van der Waals surface area contributed by atoms with Crippen LogP contribution >= 0.6 is 15.9 Å². The first-order valence-electron chi connectivity index (χ1n) is 5.63. The number of para-hydroxylation sites is 1. The van der Waals surface area contributed by atoms with Crippen molar-refractivity contribution in [3.8, 4) is 0 Å². The van der Waals surface area contributed by atoms with Gasteiger partial charge in [-0.05, 0) is 41.9 Å². The number of methoxy groups -OCH3 is 1. The van der Waals surface area contributed by atoms with Crippen molar-refractivity contribution in [3.63, 3.8) is 0 Å². The number of anilines is 1. The first-order chi connectivity index (χ1) is 8.76. The number of rotatable bonds is 5. The van der Waals surface area contributed by atoms with E-state index in [1.165, 1.54) is 13.2 Å². The minimum Gasteiger partial charge on any atom is -0.478 e. The maximum Gasteiger partial charge on any atom is 0.337 e. The molecule has 104 valence electrons. The van der Waals surface area contributed by atoms with Gasteiger partial charge in [-0.2, -0.15) is 0 Å². The van der Waals surface area contributed by atoms with Gasteiger partial charge in [0.1, 0.15) is 0 Å². The summed E-state index contributed by atoms with van der Waals surface area (Å²) in [5.41, 5.74) is -0.306. The number of aromatic carboxylic acids is 1. The van der Waals surface area contributed by atoms with Crippen molar-refractivity contribution < 1.29 is 19.4 Å². The average Bonchev–Trinajstić information content (AvgIpc) is 2.30. The molecule has 19 heavy (non-hydrogen) atoms. The first kappa shape index (κ1) is 15.7. The Balaban J connectivity index is 2.94. The average molecular weight is 330 g/mol. The lowest BCUT2D eigenvalue weighted by atomic mass is 10.0. The molecule has 0 aliphatic heterocycles. The molecule has 0 saturated heterocycles. The van der Waals surface area contributed by atoms with Gasteiger partial charge >= 0.3 is 5.97 Å². The smallest absolute Gasteiger partial charge is 0.337 e. The summed E-state index contributed by atoms with van der Waals surface area (Å²) in [5.74, 6) is -1.40. The summed E-state index contributed by atoms with van der Waals surface area (Å²) in [6.07, 6.45) is 0.129. The number of nitrogens with one attached hydrogen (secondary N) is 1. The fourth-order valence-electron chi connectivity index (χ4n) is 1.47. The molecule has 0 spiro atoms. The van der Waals surface area contributed by atoms with Crippen molar-refractivity contribution in [1.29, 1.82) is 0 Å². The molecule has 1 aromatic rings. The third-order valence-corrected chi connectivity index (χ3v) is 3.31. The van der Waals surface area contributed by atoms with Crippen molar-refractivity contribution in [2.45, 2.75) is 25.9 Å². The summed E-state index contributed by atoms with van der Waals surface area (Å²) in [4.78, 5) is 23.0. The SMILES string of the molecule is COC(C)(C)CC(=O)Nc1c(Br)cccc1C(=O)O. The highest BCUT2D eigenvalue weighted by Gasteiger charge is 2.23. The highest BCUT2D eigenvalue weighted by atomic mass is 79.9. The molecule has 1 amide bonds. The van der Waals surface area contributed by atoms with Crippen LogP contribution in [0.1, 0.15) is 30.6 Å². The molecule has 0 bridgehead atoms. The highest BCUT2D eigenvalue weighted by Crippen LogP contribution is 2.27. The van der Waals surface area contributed by atoms with Gasteiger partial charge in [0.25, 0.3) is 0 Å². The fourth-order valence-corrected chi connectivity index (χ4v) is 1.94. The molecule has 2 N–H and O–H groups in total. The minimum atomic E-state index is -1.09. The molecule has 0 aromatic heterocycles. The van der Waals surface area contributed by atoms with E-state index in [1.807, 2.05) is 0 Å². The van der Waals surface area contributed by atoms with Gasteiger partial charge in [-0.1, -0.05) is 6.07 Å². The lowest BCUT2D eigenvalue weighted by Gasteiger charge is -2.22. The van der Waals surface area contributed by atoms with E-state index < -0.39 is 11.6 Å². The highest BCUT2D eigenvalue weighted by molar-refractivity contribution is 9.10. The number of amides is 1. The first-order valence-corrected chi connectivity index (χ1v) is 6.43. The van der Waals surface area contributed by atoms with Crippen molar-refractivity contribution in [2.75, 3.05) is 12.4 Å². The van der Waals surface area contributed by atoms with Crippen LogP contribution in [0, 0.1) is 0 Å². The number of ether oxygens (including phenoxy) is 1. The number of halogens is 1. The van der Waals surface area contributed by atoms with Crippen LogP contribution in [-0.4, -0.2) is 29.7 Å². The standard InChI is InChI=1S/C13H16BrNO4/c1-13(2,19-3)7-10(16)15-11-8(12(17)18)5-4-6-9(11)14/h4-6H,7H2,1-3H3,(H,15,16)(H,17,18). The van der Waals surface area contributed by atoms with E-state index in [0.29, 0.717) is 4.47 Å². The Morgan fingerprint density at radius 1 is 1.42 bits per heavy atom. The van der Waals surface area contributed by atoms with Gasteiger partial charge < -0.3 is 15.2 Å². The summed E-state index contributed by atoms with van der Waals surface area (Å²) < 4.78 is 5.69. The van der Waals surface area contributed by atoms with Crippen LogP contribution in [0.5, 0.6) is 0 Å². The largest absolute Gasteiger partial charge is 0.478 e. The second kappa shape index (κ2) is 6.16. The van der Waals surface area contributed by atoms with Crippen LogP contribution < -0.4 is 5.32 Å². The topological polar surface area (TPSA) is 75.6 Å². The van der Waals surface area contributed by atoms with E-state index in [1.54, 1.807) is 26.0 Å². The minimum absolute atomic E-state index is 0.0398. The van der Waals surface area contributed by atoms with Gasteiger partial charge in [-0.25, -0.2) is 4.79 Å². The summed E-state index contributed by atoms with van der Waals surface area (Å²) in [5, 5.41) is 11.7. The van der Waals surface area contributed by atoms with E-state index in [2.05, 4.69) is 21.2 Å². The van der Waals surface area contributed by atoms with Crippen LogP contribution in [0.25, 0.3) is 0 Å². The Hall–Kier alpha value is -1.40. The van der Waals surface area contributed by atoms with E-state index in [4.69, 9.17) is 9.84 Å². The number of carbonyl (C=O) groups is 2. The van der Waals surface area contributed by atoms with Gasteiger partial charge in [-0.15, -0.1) is 0 Å². The van der Waals surface area contributed by atoms with Crippen molar-refractivity contribution >= 4 is 33.5 Å². The summed E-state index contributed by atoms with van der Waals surface area (Å²) in [6, 6.07) is 4.70. The number of benzene rings is 1. The maximum absolute atomic E-state index is 11.9. The number of carbonyl (C=O) groups excluding carboxylic acids is 1. The monoisotopic (exact) mass is 329 g/mol. The Morgan fingerprint density at radius 3 is 2.58 bits per heavy atom. The zero-order chi connectivity index (χ0) is 14.6.